The van der Waals surface area contributed by atoms with Crippen molar-refractivity contribution < 1.29 is 19.4 Å². The second-order valence-electron chi connectivity index (χ2n) is 3.24. The van der Waals surface area contributed by atoms with Gasteiger partial charge in [-0.2, -0.15) is 0 Å². The van der Waals surface area contributed by atoms with Gasteiger partial charge in [-0.25, -0.2) is 0 Å². The third kappa shape index (κ3) is 2.42. The zero-order valence-corrected chi connectivity index (χ0v) is 8.05. The maximum Gasteiger partial charge on any atom is 0.246 e. The molecule has 1 heterocycles. The largest absolute Gasteiger partial charge is 0.386 e. The number of ether oxygens (including phenoxy) is 2. The zero-order chi connectivity index (χ0) is 10.7. The van der Waals surface area contributed by atoms with E-state index in [-0.39, 0.29) is 6.42 Å². The van der Waals surface area contributed by atoms with Gasteiger partial charge < -0.3 is 26.0 Å². The molecule has 82 valence electrons. The first-order valence-electron chi connectivity index (χ1n) is 4.56. The predicted molar refractivity (Wildman–Crippen MR) is 48.1 cm³/mol. The smallest absolute Gasteiger partial charge is 0.246 e. The SMILES string of the molecule is CCOC1OC(C(N)=O)CC(N)C1O. The van der Waals surface area contributed by atoms with Crippen LogP contribution < -0.4 is 11.5 Å². The van der Waals surface area contributed by atoms with Crippen molar-refractivity contribution in [2.75, 3.05) is 6.61 Å². The second kappa shape index (κ2) is 4.70. The molecule has 4 unspecified atom stereocenters. The molecule has 0 aromatic heterocycles. The number of hydrogen-bond acceptors (Lipinski definition) is 5. The Kier molecular flexibility index (Phi) is 3.82. The lowest BCUT2D eigenvalue weighted by Gasteiger charge is -2.35. The molecule has 0 aromatic carbocycles. The number of primary amides is 1. The molecule has 0 aromatic rings. The van der Waals surface area contributed by atoms with E-state index in [0.29, 0.717) is 6.61 Å². The maximum absolute atomic E-state index is 10.9. The van der Waals surface area contributed by atoms with E-state index in [2.05, 4.69) is 0 Å². The van der Waals surface area contributed by atoms with Crippen molar-refractivity contribution in [3.8, 4) is 0 Å². The van der Waals surface area contributed by atoms with Gasteiger partial charge in [-0.1, -0.05) is 0 Å². The van der Waals surface area contributed by atoms with Crippen LogP contribution in [-0.2, 0) is 14.3 Å². The summed E-state index contributed by atoms with van der Waals surface area (Å²) in [5.74, 6) is -0.586. The molecule has 1 aliphatic heterocycles. The molecule has 5 N–H and O–H groups in total. The van der Waals surface area contributed by atoms with Crippen LogP contribution in [0, 0.1) is 0 Å². The summed E-state index contributed by atoms with van der Waals surface area (Å²) in [5.41, 5.74) is 10.7. The Morgan fingerprint density at radius 3 is 2.86 bits per heavy atom. The van der Waals surface area contributed by atoms with Crippen LogP contribution in [0.4, 0.5) is 0 Å². The van der Waals surface area contributed by atoms with E-state index in [1.807, 2.05) is 0 Å². The van der Waals surface area contributed by atoms with Gasteiger partial charge in [-0.3, -0.25) is 4.79 Å². The maximum atomic E-state index is 10.9. The molecular formula is C8H16N2O4. The van der Waals surface area contributed by atoms with Gasteiger partial charge in [0.25, 0.3) is 0 Å². The van der Waals surface area contributed by atoms with Gasteiger partial charge in [0.2, 0.25) is 5.91 Å². The first-order chi connectivity index (χ1) is 6.56. The molecule has 0 spiro atoms. The van der Waals surface area contributed by atoms with Crippen molar-refractivity contribution >= 4 is 5.91 Å². The lowest BCUT2D eigenvalue weighted by Crippen LogP contribution is -2.56. The average Bonchev–Trinajstić information content (AvgIpc) is 2.12. The number of carbonyl (C=O) groups excluding carboxylic acids is 1. The number of aliphatic hydroxyl groups excluding tert-OH is 1. The molecule has 1 fully saturated rings. The summed E-state index contributed by atoms with van der Waals surface area (Å²) in [7, 11) is 0. The molecule has 0 aliphatic carbocycles. The van der Waals surface area contributed by atoms with Crippen LogP contribution in [0.3, 0.4) is 0 Å². The Morgan fingerprint density at radius 1 is 1.71 bits per heavy atom. The van der Waals surface area contributed by atoms with Crippen LogP contribution in [-0.4, -0.2) is 42.2 Å². The number of carbonyl (C=O) groups is 1. The first-order valence-corrected chi connectivity index (χ1v) is 4.56. The molecule has 1 rings (SSSR count). The summed E-state index contributed by atoms with van der Waals surface area (Å²) in [6.45, 7) is 2.13. The topological polar surface area (TPSA) is 108 Å². The molecule has 0 radical (unpaired) electrons. The van der Waals surface area contributed by atoms with Crippen molar-refractivity contribution in [2.45, 2.75) is 37.9 Å². The lowest BCUT2D eigenvalue weighted by atomic mass is 10.0. The summed E-state index contributed by atoms with van der Waals surface area (Å²) in [5, 5.41) is 9.54. The fraction of sp³-hybridized carbons (Fsp3) is 0.875. The van der Waals surface area contributed by atoms with Crippen molar-refractivity contribution in [3.63, 3.8) is 0 Å². The highest BCUT2D eigenvalue weighted by Gasteiger charge is 2.38. The van der Waals surface area contributed by atoms with Crippen LogP contribution in [0.15, 0.2) is 0 Å². The number of hydrogen-bond donors (Lipinski definition) is 3. The highest BCUT2D eigenvalue weighted by Crippen LogP contribution is 2.19. The molecule has 4 atom stereocenters. The Labute approximate surface area is 82.2 Å². The van der Waals surface area contributed by atoms with E-state index in [9.17, 15) is 9.90 Å². The van der Waals surface area contributed by atoms with Gasteiger partial charge in [0.15, 0.2) is 6.29 Å². The quantitative estimate of drug-likeness (QED) is 0.508. The van der Waals surface area contributed by atoms with Crippen LogP contribution in [0.2, 0.25) is 0 Å². The van der Waals surface area contributed by atoms with Gasteiger partial charge in [0, 0.05) is 19.1 Å². The van der Waals surface area contributed by atoms with E-state index in [4.69, 9.17) is 20.9 Å². The minimum Gasteiger partial charge on any atom is -0.386 e. The predicted octanol–water partition coefficient (Wildman–Crippen LogP) is -1.69. The Bertz CT molecular complexity index is 212. The van der Waals surface area contributed by atoms with Crippen molar-refractivity contribution in [2.24, 2.45) is 11.5 Å². The molecular weight excluding hydrogens is 188 g/mol. The van der Waals surface area contributed by atoms with Gasteiger partial charge in [-0.15, -0.1) is 0 Å². The third-order valence-electron chi connectivity index (χ3n) is 2.15. The summed E-state index contributed by atoms with van der Waals surface area (Å²) in [4.78, 5) is 10.9. The van der Waals surface area contributed by atoms with Crippen molar-refractivity contribution in [1.82, 2.24) is 0 Å². The molecule has 0 saturated carbocycles. The first kappa shape index (κ1) is 11.4. The fourth-order valence-corrected chi connectivity index (χ4v) is 1.37. The van der Waals surface area contributed by atoms with Crippen LogP contribution in [0.1, 0.15) is 13.3 Å². The van der Waals surface area contributed by atoms with Gasteiger partial charge in [0.05, 0.1) is 0 Å². The normalized spacial score (nSPS) is 38.2. The minimum absolute atomic E-state index is 0.222. The van der Waals surface area contributed by atoms with E-state index >= 15 is 0 Å². The second-order valence-corrected chi connectivity index (χ2v) is 3.24. The summed E-state index contributed by atoms with van der Waals surface area (Å²) < 4.78 is 10.2. The zero-order valence-electron chi connectivity index (χ0n) is 8.05. The fourth-order valence-electron chi connectivity index (χ4n) is 1.37. The molecule has 0 bridgehead atoms. The van der Waals surface area contributed by atoms with E-state index in [1.54, 1.807) is 6.92 Å². The molecule has 1 saturated heterocycles. The number of rotatable bonds is 3. The molecule has 6 heteroatoms. The highest BCUT2D eigenvalue weighted by molar-refractivity contribution is 5.79. The number of amides is 1. The van der Waals surface area contributed by atoms with Crippen LogP contribution >= 0.6 is 0 Å². The van der Waals surface area contributed by atoms with Crippen molar-refractivity contribution in [3.05, 3.63) is 0 Å². The Morgan fingerprint density at radius 2 is 2.36 bits per heavy atom. The minimum atomic E-state index is -0.912. The monoisotopic (exact) mass is 204 g/mol. The highest BCUT2D eigenvalue weighted by atomic mass is 16.7. The van der Waals surface area contributed by atoms with Gasteiger partial charge in [0.1, 0.15) is 12.2 Å². The van der Waals surface area contributed by atoms with E-state index in [0.717, 1.165) is 0 Å². The standard InChI is InChI=1S/C8H16N2O4/c1-2-13-8-6(11)4(9)3-5(14-8)7(10)12/h4-6,8,11H,2-3,9H2,1H3,(H2,10,12). The third-order valence-corrected chi connectivity index (χ3v) is 2.15. The van der Waals surface area contributed by atoms with E-state index < -0.39 is 30.4 Å². The number of aliphatic hydroxyl groups is 1. The van der Waals surface area contributed by atoms with Gasteiger partial charge >= 0.3 is 0 Å². The Hall–Kier alpha value is -0.690. The summed E-state index contributed by atoms with van der Waals surface area (Å²) in [6, 6.07) is -0.544. The summed E-state index contributed by atoms with van der Waals surface area (Å²) >= 11 is 0. The molecule has 1 amide bonds. The van der Waals surface area contributed by atoms with Crippen molar-refractivity contribution in [1.29, 1.82) is 0 Å². The van der Waals surface area contributed by atoms with E-state index in [1.165, 1.54) is 0 Å². The van der Waals surface area contributed by atoms with Gasteiger partial charge in [-0.05, 0) is 6.92 Å². The molecule has 14 heavy (non-hydrogen) atoms. The average molecular weight is 204 g/mol. The molecule has 6 nitrogen and oxygen atoms in total. The lowest BCUT2D eigenvalue weighted by molar-refractivity contribution is -0.239. The summed E-state index contributed by atoms with van der Waals surface area (Å²) in [6.07, 6.45) is -2.32. The molecule has 1 aliphatic rings. The number of nitrogens with two attached hydrogens (primary N) is 2. The Balaban J connectivity index is 2.61. The van der Waals surface area contributed by atoms with Crippen LogP contribution in [0.25, 0.3) is 0 Å². The van der Waals surface area contributed by atoms with Crippen LogP contribution in [0.5, 0.6) is 0 Å².